The number of aromatic amines is 1. The van der Waals surface area contributed by atoms with Gasteiger partial charge in [-0.3, -0.25) is 9.59 Å². The number of piperidine rings is 1. The molecule has 2 aliphatic rings. The largest absolute Gasteiger partial charge is 0.439 e. The number of aromatic nitrogens is 2. The summed E-state index contributed by atoms with van der Waals surface area (Å²) in [4.78, 5) is 47.9. The molecule has 0 unspecified atom stereocenters. The van der Waals surface area contributed by atoms with Crippen molar-refractivity contribution in [3.8, 4) is 0 Å². The smallest absolute Gasteiger partial charge is 0.410 e. The summed E-state index contributed by atoms with van der Waals surface area (Å²) >= 11 is 1.23. The lowest BCUT2D eigenvalue weighted by molar-refractivity contribution is -0.00506. The molecule has 2 aromatic heterocycles. The minimum absolute atomic E-state index is 0.135. The van der Waals surface area contributed by atoms with Gasteiger partial charge in [-0.25, -0.2) is 9.78 Å². The molecule has 0 radical (unpaired) electrons. The molecule has 2 aromatic rings. The number of ether oxygens (including phenoxy) is 1. The number of likely N-dealkylation sites (tertiary alicyclic amines) is 1. The number of nitrogens with zero attached hydrogens (tertiary/aromatic N) is 3. The number of nitrogens with one attached hydrogen (secondary N) is 1. The van der Waals surface area contributed by atoms with Gasteiger partial charge in [0.15, 0.2) is 0 Å². The first-order valence-corrected chi connectivity index (χ1v) is 8.92. The summed E-state index contributed by atoms with van der Waals surface area (Å²) in [5.41, 5.74) is -0.209. The number of likely N-dealkylation sites (N-methyl/N-ethyl adjacent to an activating group) is 1. The highest BCUT2D eigenvalue weighted by atomic mass is 32.1. The average Bonchev–Trinajstić information content (AvgIpc) is 3.05. The highest BCUT2D eigenvalue weighted by molar-refractivity contribution is 7.20. The number of aryl methyl sites for hydroxylation is 1. The van der Waals surface area contributed by atoms with Crippen LogP contribution in [0, 0.1) is 6.92 Å². The quantitative estimate of drug-likeness (QED) is 0.826. The van der Waals surface area contributed by atoms with Gasteiger partial charge in [0.1, 0.15) is 10.4 Å². The van der Waals surface area contributed by atoms with Crippen LogP contribution in [0.1, 0.15) is 28.1 Å². The molecule has 0 aromatic carbocycles. The van der Waals surface area contributed by atoms with Crippen LogP contribution in [0.5, 0.6) is 0 Å². The molecule has 0 saturated carbocycles. The summed E-state index contributed by atoms with van der Waals surface area (Å²) in [7, 11) is 1.70. The van der Waals surface area contributed by atoms with Gasteiger partial charge in [0.25, 0.3) is 11.5 Å². The number of amides is 2. The number of carbonyl (C=O) groups is 2. The molecule has 4 rings (SSSR count). The van der Waals surface area contributed by atoms with Crippen molar-refractivity contribution in [2.75, 3.05) is 26.7 Å². The second-order valence-electron chi connectivity index (χ2n) is 6.71. The number of fused-ring (bicyclic) bond motifs is 1. The van der Waals surface area contributed by atoms with Crippen molar-refractivity contribution in [3.05, 3.63) is 27.1 Å². The van der Waals surface area contributed by atoms with Crippen molar-refractivity contribution in [2.24, 2.45) is 0 Å². The molecule has 1 N–H and O–H groups in total. The fourth-order valence-corrected chi connectivity index (χ4v) is 4.82. The maximum absolute atomic E-state index is 13.0. The van der Waals surface area contributed by atoms with Crippen LogP contribution in [-0.4, -0.2) is 64.1 Å². The third kappa shape index (κ3) is 2.50. The molecule has 132 valence electrons. The lowest BCUT2D eigenvalue weighted by Crippen LogP contribution is -2.52. The minimum atomic E-state index is -0.625. The lowest BCUT2D eigenvalue weighted by Gasteiger charge is -2.38. The van der Waals surface area contributed by atoms with Crippen molar-refractivity contribution >= 4 is 33.6 Å². The van der Waals surface area contributed by atoms with Gasteiger partial charge in [0.05, 0.1) is 29.7 Å². The highest BCUT2D eigenvalue weighted by Gasteiger charge is 2.47. The average molecular weight is 362 g/mol. The number of H-pyrrole nitrogens is 1. The predicted molar refractivity (Wildman–Crippen MR) is 92.0 cm³/mol. The summed E-state index contributed by atoms with van der Waals surface area (Å²) in [6, 6.07) is 0. The third-order valence-corrected chi connectivity index (χ3v) is 6.08. The first kappa shape index (κ1) is 16.1. The van der Waals surface area contributed by atoms with E-state index >= 15 is 0 Å². The molecule has 9 heteroatoms. The standard InChI is InChI=1S/C16H18N4O4S/c1-9-10-12(21)17-8-18-13(10)25-11(9)14(22)20-5-3-4-16(7-20)6-19(2)15(23)24-16/h8H,3-7H2,1-2H3,(H,17,18,21)/t16-/m1/s1. The Bertz CT molecular complexity index is 936. The monoisotopic (exact) mass is 362 g/mol. The number of hydrogen-bond acceptors (Lipinski definition) is 6. The van der Waals surface area contributed by atoms with Crippen LogP contribution in [0.25, 0.3) is 10.2 Å². The van der Waals surface area contributed by atoms with Crippen molar-refractivity contribution in [1.82, 2.24) is 19.8 Å². The summed E-state index contributed by atoms with van der Waals surface area (Å²) in [6.45, 7) is 3.24. The zero-order valence-electron chi connectivity index (χ0n) is 14.0. The zero-order chi connectivity index (χ0) is 17.8. The Morgan fingerprint density at radius 3 is 2.88 bits per heavy atom. The van der Waals surface area contributed by atoms with E-state index in [1.165, 1.54) is 17.7 Å². The molecule has 0 aliphatic carbocycles. The molecular weight excluding hydrogens is 344 g/mol. The van der Waals surface area contributed by atoms with E-state index in [1.54, 1.807) is 23.8 Å². The van der Waals surface area contributed by atoms with E-state index in [9.17, 15) is 14.4 Å². The first-order valence-electron chi connectivity index (χ1n) is 8.10. The molecule has 0 bridgehead atoms. The number of carbonyl (C=O) groups excluding carboxylic acids is 2. The van der Waals surface area contributed by atoms with Crippen LogP contribution in [0.3, 0.4) is 0 Å². The second kappa shape index (κ2) is 5.55. The van der Waals surface area contributed by atoms with Crippen LogP contribution >= 0.6 is 11.3 Å². The van der Waals surface area contributed by atoms with Crippen LogP contribution in [0.15, 0.2) is 11.1 Å². The highest BCUT2D eigenvalue weighted by Crippen LogP contribution is 2.34. The van der Waals surface area contributed by atoms with E-state index in [-0.39, 0.29) is 17.6 Å². The maximum Gasteiger partial charge on any atom is 0.410 e. The zero-order valence-corrected chi connectivity index (χ0v) is 14.8. The molecule has 2 aliphatic heterocycles. The minimum Gasteiger partial charge on any atom is -0.439 e. The summed E-state index contributed by atoms with van der Waals surface area (Å²) in [5, 5.41) is 0.467. The fourth-order valence-electron chi connectivity index (χ4n) is 3.70. The van der Waals surface area contributed by atoms with Gasteiger partial charge < -0.3 is 19.5 Å². The van der Waals surface area contributed by atoms with Crippen molar-refractivity contribution in [3.63, 3.8) is 0 Å². The van der Waals surface area contributed by atoms with Crippen LogP contribution in [0.2, 0.25) is 0 Å². The van der Waals surface area contributed by atoms with Crippen molar-refractivity contribution < 1.29 is 14.3 Å². The van der Waals surface area contributed by atoms with Gasteiger partial charge in [-0.05, 0) is 25.3 Å². The topological polar surface area (TPSA) is 95.6 Å². The van der Waals surface area contributed by atoms with Crippen molar-refractivity contribution in [2.45, 2.75) is 25.4 Å². The van der Waals surface area contributed by atoms with Gasteiger partial charge in [-0.1, -0.05) is 0 Å². The van der Waals surface area contributed by atoms with Crippen molar-refractivity contribution in [1.29, 1.82) is 0 Å². The molecule has 8 nitrogen and oxygen atoms in total. The molecule has 25 heavy (non-hydrogen) atoms. The second-order valence-corrected chi connectivity index (χ2v) is 7.70. The van der Waals surface area contributed by atoms with Gasteiger partial charge in [-0.2, -0.15) is 0 Å². The number of thiophene rings is 1. The van der Waals surface area contributed by atoms with E-state index in [0.717, 1.165) is 12.8 Å². The van der Waals surface area contributed by atoms with E-state index in [2.05, 4.69) is 9.97 Å². The summed E-state index contributed by atoms with van der Waals surface area (Å²) in [5.74, 6) is -0.135. The van der Waals surface area contributed by atoms with Crippen LogP contribution < -0.4 is 5.56 Å². The van der Waals surface area contributed by atoms with Gasteiger partial charge in [0, 0.05) is 13.6 Å². The summed E-state index contributed by atoms with van der Waals surface area (Å²) < 4.78 is 5.56. The molecule has 1 atom stereocenters. The Balaban J connectivity index is 1.65. The first-order chi connectivity index (χ1) is 11.9. The Hall–Kier alpha value is -2.42. The molecule has 1 spiro atoms. The molecule has 2 saturated heterocycles. The Kier molecular flexibility index (Phi) is 3.57. The lowest BCUT2D eigenvalue weighted by atomic mass is 9.92. The summed E-state index contributed by atoms with van der Waals surface area (Å²) in [6.07, 6.45) is 2.52. The van der Waals surface area contributed by atoms with E-state index in [4.69, 9.17) is 4.74 Å². The van der Waals surface area contributed by atoms with E-state index < -0.39 is 5.60 Å². The van der Waals surface area contributed by atoms with E-state index in [0.29, 0.717) is 40.3 Å². The van der Waals surface area contributed by atoms with E-state index in [1.807, 2.05) is 0 Å². The molecular formula is C16H18N4O4S. The number of hydrogen-bond donors (Lipinski definition) is 1. The molecule has 2 fully saturated rings. The molecule has 2 amide bonds. The normalized spacial score (nSPS) is 23.5. The van der Waals surface area contributed by atoms with Crippen LogP contribution in [-0.2, 0) is 4.74 Å². The third-order valence-electron chi connectivity index (χ3n) is 4.89. The van der Waals surface area contributed by atoms with Gasteiger partial charge in [0.2, 0.25) is 0 Å². The van der Waals surface area contributed by atoms with Crippen LogP contribution in [0.4, 0.5) is 4.79 Å². The SMILES string of the molecule is Cc1c(C(=O)N2CCC[C@@]3(CN(C)C(=O)O3)C2)sc2nc[nH]c(=O)c12. The maximum atomic E-state index is 13.0. The van der Waals surface area contributed by atoms with Gasteiger partial charge in [-0.15, -0.1) is 11.3 Å². The molecule has 4 heterocycles. The Morgan fingerprint density at radius 2 is 2.20 bits per heavy atom. The Morgan fingerprint density at radius 1 is 1.40 bits per heavy atom. The van der Waals surface area contributed by atoms with Gasteiger partial charge >= 0.3 is 6.09 Å². The fraction of sp³-hybridized carbons (Fsp3) is 0.500. The predicted octanol–water partition coefficient (Wildman–Crippen LogP) is 1.35. The Labute approximate surface area is 147 Å². The number of rotatable bonds is 1.